The molecule has 6 N–H and O–H groups in total. The highest BCUT2D eigenvalue weighted by Crippen LogP contribution is 2.58. The normalized spacial score (nSPS) is 18.2. The van der Waals surface area contributed by atoms with E-state index in [4.69, 9.17) is 19.7 Å². The van der Waals surface area contributed by atoms with E-state index in [-0.39, 0.29) is 42.4 Å². The minimum absolute atomic E-state index is 0.0281. The molecule has 13 nitrogen and oxygen atoms in total. The number of aliphatic hydroxyl groups is 3. The molecule has 0 aromatic carbocycles. The van der Waals surface area contributed by atoms with Gasteiger partial charge in [-0.3, -0.25) is 9.13 Å². The zero-order valence-electron chi connectivity index (χ0n) is 18.8. The van der Waals surface area contributed by atoms with Gasteiger partial charge in [0.15, 0.2) is 22.7 Å². The van der Waals surface area contributed by atoms with E-state index < -0.39 is 37.5 Å². The van der Waals surface area contributed by atoms with Gasteiger partial charge in [0.25, 0.3) is 0 Å². The number of hydrogen-bond donors (Lipinski definition) is 5. The Kier molecular flexibility index (Phi) is 8.21. The Balaban J connectivity index is 2.21. The Hall–Kier alpha value is -1.86. The zero-order chi connectivity index (χ0) is 24.3. The van der Waals surface area contributed by atoms with E-state index >= 15 is 0 Å². The molecule has 0 radical (unpaired) electrons. The predicted molar refractivity (Wildman–Crippen MR) is 115 cm³/mol. The second-order valence-corrected chi connectivity index (χ2v) is 10.3. The molecule has 0 amide bonds. The maximum atomic E-state index is 12.5. The minimum Gasteiger partial charge on any atom is -0.479 e. The van der Waals surface area contributed by atoms with Gasteiger partial charge in [0.1, 0.15) is 6.10 Å². The number of imidazole rings is 1. The van der Waals surface area contributed by atoms with Gasteiger partial charge >= 0.3 is 7.60 Å². The Bertz CT molecular complexity index is 966. The number of hydrogen-bond acceptors (Lipinski definition) is 11. The van der Waals surface area contributed by atoms with Gasteiger partial charge < -0.3 is 39.9 Å². The van der Waals surface area contributed by atoms with Crippen LogP contribution in [0.5, 0.6) is 5.88 Å². The van der Waals surface area contributed by atoms with E-state index in [1.165, 1.54) is 24.9 Å². The first-order valence-electron chi connectivity index (χ1n) is 9.99. The first kappa shape index (κ1) is 26.4. The highest BCUT2D eigenvalue weighted by Gasteiger charge is 2.45. The zero-order valence-corrected chi connectivity index (χ0v) is 19.7. The van der Waals surface area contributed by atoms with Crippen LogP contribution in [0.2, 0.25) is 0 Å². The van der Waals surface area contributed by atoms with Crippen LogP contribution < -0.4 is 10.5 Å². The van der Waals surface area contributed by atoms with Crippen molar-refractivity contribution in [2.75, 3.05) is 26.1 Å². The predicted octanol–water partition coefficient (Wildman–Crippen LogP) is 0.775. The third-order valence-electron chi connectivity index (χ3n) is 5.03. The van der Waals surface area contributed by atoms with Crippen molar-refractivity contribution in [3.8, 4) is 5.88 Å². The number of anilines is 1. The summed E-state index contributed by atoms with van der Waals surface area (Å²) in [6.45, 7) is 5.30. The summed E-state index contributed by atoms with van der Waals surface area (Å²) in [5, 5.41) is 28.1. The van der Waals surface area contributed by atoms with Gasteiger partial charge in [0, 0.05) is 0 Å². The second kappa shape index (κ2) is 9.96. The standard InChI is InChI=1S/C18H32N5O8P/c1-6-18(4,26)32(27,28)31-17(2,3)7-8-30-15(11(25)9-24)23-10-20-12-13(23)21-16(19)22-14(12)29-5/h10-11,15,24-26H,6-9H2,1-5H3,(H,27,28)(H2,19,21,22)/t11-,15-,18?/m1/s1. The number of nitrogens with two attached hydrogens (primary N) is 1. The Morgan fingerprint density at radius 1 is 1.31 bits per heavy atom. The third kappa shape index (κ3) is 5.73. The molecule has 32 heavy (non-hydrogen) atoms. The van der Waals surface area contributed by atoms with Crippen LogP contribution in [0.1, 0.15) is 46.8 Å². The lowest BCUT2D eigenvalue weighted by Gasteiger charge is -2.34. The van der Waals surface area contributed by atoms with Crippen molar-refractivity contribution in [1.82, 2.24) is 19.5 Å². The second-order valence-electron chi connectivity index (χ2n) is 8.12. The van der Waals surface area contributed by atoms with Crippen molar-refractivity contribution in [3.05, 3.63) is 6.33 Å². The van der Waals surface area contributed by atoms with Crippen molar-refractivity contribution in [3.63, 3.8) is 0 Å². The number of nitrogen functional groups attached to an aromatic ring is 1. The van der Waals surface area contributed by atoms with Crippen molar-refractivity contribution in [2.24, 2.45) is 0 Å². The first-order chi connectivity index (χ1) is 14.8. The SMILES string of the molecule is CCC(C)(O)P(=O)(O)OC(C)(C)CCO[C@H]([C@H](O)CO)n1cnc2c(OC)nc(N)nc21. The molecule has 0 aliphatic rings. The monoisotopic (exact) mass is 477 g/mol. The van der Waals surface area contributed by atoms with E-state index in [2.05, 4.69) is 15.0 Å². The average Bonchev–Trinajstić information content (AvgIpc) is 3.12. The Morgan fingerprint density at radius 2 is 1.97 bits per heavy atom. The molecule has 0 fully saturated rings. The van der Waals surface area contributed by atoms with Crippen LogP contribution in [0, 0.1) is 0 Å². The molecule has 182 valence electrons. The van der Waals surface area contributed by atoms with Crippen LogP contribution in [0.4, 0.5) is 5.95 Å². The molecule has 0 aliphatic carbocycles. The fourth-order valence-electron chi connectivity index (χ4n) is 2.81. The van der Waals surface area contributed by atoms with Gasteiger partial charge in [-0.2, -0.15) is 9.97 Å². The molecule has 2 aromatic rings. The Labute approximate surface area is 185 Å². The van der Waals surface area contributed by atoms with Crippen molar-refractivity contribution < 1.29 is 38.8 Å². The van der Waals surface area contributed by atoms with Crippen LogP contribution >= 0.6 is 7.60 Å². The van der Waals surface area contributed by atoms with E-state index in [1.54, 1.807) is 20.8 Å². The molecule has 2 heterocycles. The summed E-state index contributed by atoms with van der Waals surface area (Å²) < 4.78 is 30.1. The van der Waals surface area contributed by atoms with E-state index in [0.29, 0.717) is 0 Å². The third-order valence-corrected chi connectivity index (χ3v) is 7.31. The lowest BCUT2D eigenvalue weighted by Crippen LogP contribution is -2.34. The molecule has 4 atom stereocenters. The van der Waals surface area contributed by atoms with Crippen LogP contribution in [0.15, 0.2) is 6.33 Å². The summed E-state index contributed by atoms with van der Waals surface area (Å²) in [6.07, 6.45) is -0.963. The van der Waals surface area contributed by atoms with Crippen molar-refractivity contribution in [1.29, 1.82) is 0 Å². The minimum atomic E-state index is -4.35. The number of rotatable bonds is 12. The molecule has 0 aliphatic heterocycles. The number of ether oxygens (including phenoxy) is 2. The lowest BCUT2D eigenvalue weighted by atomic mass is 10.1. The van der Waals surface area contributed by atoms with E-state index in [1.807, 2.05) is 0 Å². The number of nitrogens with zero attached hydrogens (tertiary/aromatic N) is 4. The first-order valence-corrected chi connectivity index (χ1v) is 11.6. The molecular formula is C18H32N5O8P. The van der Waals surface area contributed by atoms with Crippen molar-refractivity contribution in [2.45, 2.75) is 63.8 Å². The number of aliphatic hydroxyl groups excluding tert-OH is 2. The summed E-state index contributed by atoms with van der Waals surface area (Å²) in [4.78, 5) is 22.4. The maximum Gasteiger partial charge on any atom is 0.359 e. The molecule has 2 aromatic heterocycles. The van der Waals surface area contributed by atoms with Gasteiger partial charge in [0.2, 0.25) is 11.8 Å². The highest BCUT2D eigenvalue weighted by atomic mass is 31.2. The van der Waals surface area contributed by atoms with Crippen LogP contribution in [0.25, 0.3) is 11.2 Å². The van der Waals surface area contributed by atoms with Gasteiger partial charge in [0.05, 0.1) is 32.3 Å². The van der Waals surface area contributed by atoms with Gasteiger partial charge in [-0.25, -0.2) is 4.98 Å². The van der Waals surface area contributed by atoms with Gasteiger partial charge in [-0.1, -0.05) is 6.92 Å². The summed E-state index contributed by atoms with van der Waals surface area (Å²) in [5.41, 5.74) is 5.08. The highest BCUT2D eigenvalue weighted by molar-refractivity contribution is 7.54. The largest absolute Gasteiger partial charge is 0.479 e. The number of fused-ring (bicyclic) bond motifs is 1. The fraction of sp³-hybridized carbons (Fsp3) is 0.722. The summed E-state index contributed by atoms with van der Waals surface area (Å²) in [5.74, 6) is 0.0595. The smallest absolute Gasteiger partial charge is 0.359 e. The topological polar surface area (TPSA) is 195 Å². The molecule has 0 bridgehead atoms. The Morgan fingerprint density at radius 3 is 2.53 bits per heavy atom. The number of aromatic nitrogens is 4. The van der Waals surface area contributed by atoms with E-state index in [9.17, 15) is 24.8 Å². The van der Waals surface area contributed by atoms with Gasteiger partial charge in [-0.05, 0) is 33.6 Å². The fourth-order valence-corrected chi connectivity index (χ4v) is 4.16. The molecule has 2 unspecified atom stereocenters. The molecule has 14 heteroatoms. The van der Waals surface area contributed by atoms with Crippen LogP contribution in [-0.2, 0) is 13.8 Å². The summed E-state index contributed by atoms with van der Waals surface area (Å²) in [6, 6.07) is 0. The molecular weight excluding hydrogens is 445 g/mol. The van der Waals surface area contributed by atoms with E-state index in [0.717, 1.165) is 0 Å². The molecule has 0 saturated heterocycles. The quantitative estimate of drug-likeness (QED) is 0.270. The lowest BCUT2D eigenvalue weighted by molar-refractivity contribution is -0.105. The number of methoxy groups -OCH3 is 1. The van der Waals surface area contributed by atoms with Gasteiger partial charge in [-0.15, -0.1) is 0 Å². The van der Waals surface area contributed by atoms with Crippen LogP contribution in [0.3, 0.4) is 0 Å². The average molecular weight is 477 g/mol. The van der Waals surface area contributed by atoms with Crippen LogP contribution in [-0.4, -0.2) is 77.1 Å². The summed E-state index contributed by atoms with van der Waals surface area (Å²) >= 11 is 0. The van der Waals surface area contributed by atoms with Crippen molar-refractivity contribution >= 4 is 24.7 Å². The maximum absolute atomic E-state index is 12.5. The molecule has 0 spiro atoms. The summed E-state index contributed by atoms with van der Waals surface area (Å²) in [7, 11) is -2.95. The molecule has 0 saturated carbocycles. The molecule has 2 rings (SSSR count).